The Morgan fingerprint density at radius 2 is 2.17 bits per heavy atom. The van der Waals surface area contributed by atoms with Crippen LogP contribution < -0.4 is 20.7 Å². The highest BCUT2D eigenvalue weighted by Crippen LogP contribution is 2.25. The second-order valence-corrected chi connectivity index (χ2v) is 5.70. The quantitative estimate of drug-likeness (QED) is 0.754. The molecule has 126 valence electrons. The summed E-state index contributed by atoms with van der Waals surface area (Å²) in [4.78, 5) is 25.6. The van der Waals surface area contributed by atoms with Crippen LogP contribution in [0.25, 0.3) is 0 Å². The predicted octanol–water partition coefficient (Wildman–Crippen LogP) is 0.945. The molecule has 0 radical (unpaired) electrons. The number of rotatable bonds is 5. The molecular formula is C16H24N4O3. The summed E-state index contributed by atoms with van der Waals surface area (Å²) in [5, 5.41) is 8.29. The first-order valence-corrected chi connectivity index (χ1v) is 7.67. The Bertz CT molecular complexity index is 576. The van der Waals surface area contributed by atoms with Crippen molar-refractivity contribution in [1.82, 2.24) is 15.5 Å². The van der Waals surface area contributed by atoms with Crippen LogP contribution in [0.4, 0.5) is 10.5 Å². The molecule has 0 bridgehead atoms. The van der Waals surface area contributed by atoms with E-state index in [1.807, 2.05) is 30.0 Å². The first kappa shape index (κ1) is 17.1. The van der Waals surface area contributed by atoms with E-state index in [9.17, 15) is 9.59 Å². The van der Waals surface area contributed by atoms with Crippen LogP contribution in [0.1, 0.15) is 12.0 Å². The van der Waals surface area contributed by atoms with Gasteiger partial charge in [0.2, 0.25) is 5.91 Å². The van der Waals surface area contributed by atoms with E-state index in [1.54, 1.807) is 14.2 Å². The van der Waals surface area contributed by atoms with Gasteiger partial charge in [-0.05, 0) is 31.0 Å². The molecule has 7 heteroatoms. The van der Waals surface area contributed by atoms with Gasteiger partial charge in [-0.1, -0.05) is 6.07 Å². The number of urea groups is 1. The average molecular weight is 320 g/mol. The second kappa shape index (κ2) is 7.82. The SMILES string of the molecule is CNC(=O)NC1CCN(CC(=O)Nc2cc(C)ccc2OC)C1. The summed E-state index contributed by atoms with van der Waals surface area (Å²) in [7, 11) is 3.17. The van der Waals surface area contributed by atoms with Crippen molar-refractivity contribution in [3.05, 3.63) is 23.8 Å². The lowest BCUT2D eigenvalue weighted by Gasteiger charge is -2.17. The standard InChI is InChI=1S/C16H24N4O3/c1-11-4-5-14(23-3)13(8-11)19-15(21)10-20-7-6-12(9-20)18-16(22)17-2/h4-5,8,12H,6-7,9-10H2,1-3H3,(H,19,21)(H2,17,18,22). The molecule has 1 fully saturated rings. The Hall–Kier alpha value is -2.28. The van der Waals surface area contributed by atoms with Crippen LogP contribution in [0.15, 0.2) is 18.2 Å². The van der Waals surface area contributed by atoms with E-state index < -0.39 is 0 Å². The molecule has 1 atom stereocenters. The van der Waals surface area contributed by atoms with Crippen LogP contribution in [0.3, 0.4) is 0 Å². The highest BCUT2D eigenvalue weighted by atomic mass is 16.5. The molecule has 2 rings (SSSR count). The number of hydrogen-bond acceptors (Lipinski definition) is 4. The number of ether oxygens (including phenoxy) is 1. The van der Waals surface area contributed by atoms with Crippen molar-refractivity contribution in [3.63, 3.8) is 0 Å². The lowest BCUT2D eigenvalue weighted by molar-refractivity contribution is -0.117. The van der Waals surface area contributed by atoms with Gasteiger partial charge in [-0.3, -0.25) is 9.69 Å². The number of amides is 3. The van der Waals surface area contributed by atoms with E-state index in [2.05, 4.69) is 16.0 Å². The maximum Gasteiger partial charge on any atom is 0.314 e. The van der Waals surface area contributed by atoms with Crippen molar-refractivity contribution in [2.75, 3.05) is 39.1 Å². The van der Waals surface area contributed by atoms with Crippen LogP contribution in [0, 0.1) is 6.92 Å². The monoisotopic (exact) mass is 320 g/mol. The number of likely N-dealkylation sites (tertiary alicyclic amines) is 1. The first-order chi connectivity index (χ1) is 11.0. The van der Waals surface area contributed by atoms with Gasteiger partial charge in [-0.2, -0.15) is 0 Å². The number of aryl methyl sites for hydroxylation is 1. The van der Waals surface area contributed by atoms with Crippen LogP contribution in [0.2, 0.25) is 0 Å². The fourth-order valence-corrected chi connectivity index (χ4v) is 2.66. The van der Waals surface area contributed by atoms with Crippen molar-refractivity contribution in [2.24, 2.45) is 0 Å². The van der Waals surface area contributed by atoms with E-state index in [4.69, 9.17) is 4.74 Å². The molecule has 7 nitrogen and oxygen atoms in total. The van der Waals surface area contributed by atoms with Gasteiger partial charge in [-0.25, -0.2) is 4.79 Å². The predicted molar refractivity (Wildman–Crippen MR) is 88.8 cm³/mol. The lowest BCUT2D eigenvalue weighted by Crippen LogP contribution is -2.42. The molecule has 1 aliphatic heterocycles. The highest BCUT2D eigenvalue weighted by molar-refractivity contribution is 5.93. The van der Waals surface area contributed by atoms with Gasteiger partial charge in [0.15, 0.2) is 0 Å². The van der Waals surface area contributed by atoms with Crippen molar-refractivity contribution < 1.29 is 14.3 Å². The fraction of sp³-hybridized carbons (Fsp3) is 0.500. The van der Waals surface area contributed by atoms with Crippen LogP contribution in [0.5, 0.6) is 5.75 Å². The smallest absolute Gasteiger partial charge is 0.314 e. The van der Waals surface area contributed by atoms with Gasteiger partial charge < -0.3 is 20.7 Å². The van der Waals surface area contributed by atoms with Crippen molar-refractivity contribution in [3.8, 4) is 5.75 Å². The number of methoxy groups -OCH3 is 1. The molecule has 1 aliphatic rings. The third kappa shape index (κ3) is 4.85. The average Bonchev–Trinajstić information content (AvgIpc) is 2.94. The van der Waals surface area contributed by atoms with Gasteiger partial charge in [0.25, 0.3) is 0 Å². The Morgan fingerprint density at radius 1 is 1.39 bits per heavy atom. The minimum Gasteiger partial charge on any atom is -0.495 e. The van der Waals surface area contributed by atoms with Crippen LogP contribution in [-0.2, 0) is 4.79 Å². The molecular weight excluding hydrogens is 296 g/mol. The zero-order chi connectivity index (χ0) is 16.8. The molecule has 0 spiro atoms. The van der Waals surface area contributed by atoms with E-state index in [0.717, 1.165) is 18.5 Å². The van der Waals surface area contributed by atoms with Crippen molar-refractivity contribution in [1.29, 1.82) is 0 Å². The fourth-order valence-electron chi connectivity index (χ4n) is 2.66. The third-order valence-electron chi connectivity index (χ3n) is 3.83. The molecule has 0 aromatic heterocycles. The zero-order valence-electron chi connectivity index (χ0n) is 13.8. The lowest BCUT2D eigenvalue weighted by atomic mass is 10.2. The number of benzene rings is 1. The second-order valence-electron chi connectivity index (χ2n) is 5.70. The number of anilines is 1. The zero-order valence-corrected chi connectivity index (χ0v) is 13.8. The molecule has 0 aliphatic carbocycles. The van der Waals surface area contributed by atoms with Crippen LogP contribution >= 0.6 is 0 Å². The number of carbonyl (C=O) groups excluding carboxylic acids is 2. The molecule has 23 heavy (non-hydrogen) atoms. The third-order valence-corrected chi connectivity index (χ3v) is 3.83. The van der Waals surface area contributed by atoms with Crippen molar-refractivity contribution >= 4 is 17.6 Å². The summed E-state index contributed by atoms with van der Waals surface area (Å²) in [6.45, 7) is 3.71. The molecule has 1 aromatic carbocycles. The van der Waals surface area contributed by atoms with Gasteiger partial charge in [0, 0.05) is 26.2 Å². The first-order valence-electron chi connectivity index (χ1n) is 7.67. The number of hydrogen-bond donors (Lipinski definition) is 3. The molecule has 1 saturated heterocycles. The maximum atomic E-state index is 12.2. The van der Waals surface area contributed by atoms with E-state index >= 15 is 0 Å². The summed E-state index contributed by atoms with van der Waals surface area (Å²) >= 11 is 0. The molecule has 1 aromatic rings. The largest absolute Gasteiger partial charge is 0.495 e. The van der Waals surface area contributed by atoms with E-state index in [0.29, 0.717) is 24.5 Å². The Kier molecular flexibility index (Phi) is 5.81. The minimum absolute atomic E-state index is 0.0799. The number of carbonyl (C=O) groups is 2. The normalized spacial score (nSPS) is 17.6. The van der Waals surface area contributed by atoms with Gasteiger partial charge >= 0.3 is 6.03 Å². The molecule has 0 saturated carbocycles. The number of nitrogens with one attached hydrogen (secondary N) is 3. The summed E-state index contributed by atoms with van der Waals surface area (Å²) in [6.07, 6.45) is 0.842. The summed E-state index contributed by atoms with van der Waals surface area (Å²) in [5.41, 5.74) is 1.73. The Morgan fingerprint density at radius 3 is 2.87 bits per heavy atom. The van der Waals surface area contributed by atoms with Gasteiger partial charge in [-0.15, -0.1) is 0 Å². The molecule has 3 amide bonds. The van der Waals surface area contributed by atoms with E-state index in [1.165, 1.54) is 0 Å². The summed E-state index contributed by atoms with van der Waals surface area (Å²) < 4.78 is 5.26. The molecule has 1 heterocycles. The maximum absolute atomic E-state index is 12.2. The highest BCUT2D eigenvalue weighted by Gasteiger charge is 2.25. The summed E-state index contributed by atoms with van der Waals surface area (Å²) in [6, 6.07) is 5.55. The van der Waals surface area contributed by atoms with E-state index in [-0.39, 0.29) is 18.0 Å². The Labute approximate surface area is 136 Å². The van der Waals surface area contributed by atoms with Gasteiger partial charge in [0.1, 0.15) is 5.75 Å². The van der Waals surface area contributed by atoms with Crippen molar-refractivity contribution in [2.45, 2.75) is 19.4 Å². The Balaban J connectivity index is 1.86. The molecule has 3 N–H and O–H groups in total. The minimum atomic E-state index is -0.189. The number of nitrogens with zero attached hydrogens (tertiary/aromatic N) is 1. The topological polar surface area (TPSA) is 82.7 Å². The molecule has 1 unspecified atom stereocenters. The van der Waals surface area contributed by atoms with Crippen LogP contribution in [-0.4, -0.2) is 56.7 Å². The summed E-state index contributed by atoms with van der Waals surface area (Å²) in [5.74, 6) is 0.555. The van der Waals surface area contributed by atoms with Gasteiger partial charge in [0.05, 0.1) is 19.3 Å².